The first kappa shape index (κ1) is 15.3. The van der Waals surface area contributed by atoms with Crippen LogP contribution in [-0.2, 0) is 4.79 Å². The molecule has 1 aliphatic heterocycles. The van der Waals surface area contributed by atoms with E-state index in [9.17, 15) is 10.1 Å². The Kier molecular flexibility index (Phi) is 5.16. The molecule has 1 aromatic rings. The van der Waals surface area contributed by atoms with Crippen LogP contribution in [-0.4, -0.2) is 17.4 Å². The van der Waals surface area contributed by atoms with Gasteiger partial charge >= 0.3 is 0 Å². The molecule has 0 saturated heterocycles. The number of carbonyl (C=O) groups is 1. The van der Waals surface area contributed by atoms with Crippen LogP contribution in [0.15, 0.2) is 42.1 Å². The molecule has 3 nitrogen and oxygen atoms in total. The Morgan fingerprint density at radius 2 is 2.10 bits per heavy atom. The molecule has 0 aromatic heterocycles. The molecule has 1 amide bonds. The average Bonchev–Trinajstić information content (AvgIpc) is 2.52. The molecular weight excluding hydrogens is 260 g/mol. The number of carbonyl (C=O) groups excluding carboxylic acids is 1. The minimum Gasteiger partial charge on any atom is -0.304 e. The molecule has 3 heteroatoms. The minimum absolute atomic E-state index is 0.0455. The van der Waals surface area contributed by atoms with Gasteiger partial charge in [0, 0.05) is 19.4 Å². The van der Waals surface area contributed by atoms with Gasteiger partial charge in [0.1, 0.15) is 11.8 Å². The lowest BCUT2D eigenvalue weighted by atomic mass is 9.79. The molecule has 1 aliphatic rings. The van der Waals surface area contributed by atoms with Gasteiger partial charge in [-0.05, 0) is 24.0 Å². The molecular formula is C18H22N2O. The van der Waals surface area contributed by atoms with Crippen LogP contribution in [0.1, 0.15) is 44.6 Å². The molecule has 0 unspecified atom stereocenters. The number of amides is 1. The van der Waals surface area contributed by atoms with E-state index >= 15 is 0 Å². The normalized spacial score (nSPS) is 21.6. The van der Waals surface area contributed by atoms with Gasteiger partial charge in [-0.1, -0.05) is 50.1 Å². The van der Waals surface area contributed by atoms with Crippen molar-refractivity contribution in [3.63, 3.8) is 0 Å². The Hall–Kier alpha value is -2.08. The summed E-state index contributed by atoms with van der Waals surface area (Å²) >= 11 is 0. The van der Waals surface area contributed by atoms with Crippen molar-refractivity contribution in [3.05, 3.63) is 47.7 Å². The van der Waals surface area contributed by atoms with Crippen molar-refractivity contribution in [1.82, 2.24) is 4.90 Å². The van der Waals surface area contributed by atoms with Gasteiger partial charge < -0.3 is 4.90 Å². The molecule has 0 fully saturated rings. The van der Waals surface area contributed by atoms with Gasteiger partial charge in [-0.3, -0.25) is 4.79 Å². The highest BCUT2D eigenvalue weighted by atomic mass is 16.2. The molecule has 1 aromatic carbocycles. The molecule has 0 aliphatic carbocycles. The predicted octanol–water partition coefficient (Wildman–Crippen LogP) is 3.85. The van der Waals surface area contributed by atoms with Crippen LogP contribution in [0.3, 0.4) is 0 Å². The fourth-order valence-electron chi connectivity index (χ4n) is 3.02. The van der Waals surface area contributed by atoms with Crippen LogP contribution in [0, 0.1) is 17.2 Å². The summed E-state index contributed by atoms with van der Waals surface area (Å²) in [5.41, 5.74) is 1.72. The third kappa shape index (κ3) is 3.52. The number of allylic oxidation sites excluding steroid dienone is 2. The van der Waals surface area contributed by atoms with Crippen molar-refractivity contribution in [3.8, 4) is 6.07 Å². The lowest BCUT2D eigenvalue weighted by Gasteiger charge is -2.35. The van der Waals surface area contributed by atoms with Crippen molar-refractivity contribution in [1.29, 1.82) is 5.26 Å². The third-order valence-electron chi connectivity index (χ3n) is 4.16. The van der Waals surface area contributed by atoms with E-state index in [2.05, 4.69) is 25.1 Å². The van der Waals surface area contributed by atoms with Crippen LogP contribution in [0.2, 0.25) is 0 Å². The topological polar surface area (TPSA) is 44.1 Å². The van der Waals surface area contributed by atoms with Crippen LogP contribution in [0.4, 0.5) is 0 Å². The molecule has 1 heterocycles. The number of benzene rings is 1. The number of unbranched alkanes of at least 4 members (excludes halogenated alkanes) is 1. The van der Waals surface area contributed by atoms with Gasteiger partial charge in [0.05, 0.1) is 0 Å². The van der Waals surface area contributed by atoms with Crippen molar-refractivity contribution >= 4 is 5.91 Å². The van der Waals surface area contributed by atoms with Crippen LogP contribution in [0.5, 0.6) is 0 Å². The maximum atomic E-state index is 11.8. The minimum atomic E-state index is -0.0455. The highest BCUT2D eigenvalue weighted by Gasteiger charge is 2.31. The second-order valence-electron chi connectivity index (χ2n) is 5.63. The summed E-state index contributed by atoms with van der Waals surface area (Å²) in [7, 11) is 0. The first-order chi connectivity index (χ1) is 10.2. The third-order valence-corrected chi connectivity index (χ3v) is 4.16. The van der Waals surface area contributed by atoms with Crippen molar-refractivity contribution in [2.24, 2.45) is 5.92 Å². The number of rotatable bonds is 4. The van der Waals surface area contributed by atoms with E-state index in [1.54, 1.807) is 4.90 Å². The molecule has 2 rings (SSSR count). The summed E-state index contributed by atoms with van der Waals surface area (Å²) in [5.74, 6) is 0.562. The smallest absolute Gasteiger partial charge is 0.224 e. The number of hydrogen-bond acceptors (Lipinski definition) is 2. The van der Waals surface area contributed by atoms with E-state index in [1.165, 1.54) is 12.5 Å². The van der Waals surface area contributed by atoms with E-state index in [0.29, 0.717) is 18.2 Å². The van der Waals surface area contributed by atoms with Gasteiger partial charge in [-0.25, -0.2) is 0 Å². The van der Waals surface area contributed by atoms with Gasteiger partial charge in [-0.15, -0.1) is 0 Å². The number of nitrogens with zero attached hydrogens (tertiary/aromatic N) is 2. The fraction of sp³-hybridized carbons (Fsp3) is 0.444. The van der Waals surface area contributed by atoms with E-state index in [-0.39, 0.29) is 11.8 Å². The first-order valence-electron chi connectivity index (χ1n) is 7.62. The fourth-order valence-corrected chi connectivity index (χ4v) is 3.02. The van der Waals surface area contributed by atoms with E-state index in [4.69, 9.17) is 0 Å². The van der Waals surface area contributed by atoms with Gasteiger partial charge in [-0.2, -0.15) is 5.26 Å². The van der Waals surface area contributed by atoms with Crippen molar-refractivity contribution in [2.75, 3.05) is 6.54 Å². The highest BCUT2D eigenvalue weighted by Crippen LogP contribution is 2.36. The lowest BCUT2D eigenvalue weighted by molar-refractivity contribution is -0.127. The monoisotopic (exact) mass is 282 g/mol. The zero-order valence-corrected chi connectivity index (χ0v) is 12.7. The molecule has 0 radical (unpaired) electrons. The standard InChI is InChI=1S/C18H22N2O/c1-3-4-8-16-13-20(14(2)21)17(12-19)11-18(16)15-9-6-5-7-10-15/h5-7,9-11,16,18H,3-4,8,13H2,1-2H3/t16-,18-/m0/s1. The summed E-state index contributed by atoms with van der Waals surface area (Å²) in [6.45, 7) is 4.36. The van der Waals surface area contributed by atoms with Gasteiger partial charge in [0.2, 0.25) is 5.91 Å². The van der Waals surface area contributed by atoms with Crippen molar-refractivity contribution < 1.29 is 4.79 Å². The largest absolute Gasteiger partial charge is 0.304 e. The summed E-state index contributed by atoms with van der Waals surface area (Å²) in [4.78, 5) is 13.4. The lowest BCUT2D eigenvalue weighted by Crippen LogP contribution is -2.38. The highest BCUT2D eigenvalue weighted by molar-refractivity contribution is 5.76. The summed E-state index contributed by atoms with van der Waals surface area (Å²) < 4.78 is 0. The zero-order chi connectivity index (χ0) is 15.2. The summed E-state index contributed by atoms with van der Waals surface area (Å²) in [6.07, 6.45) is 5.35. The van der Waals surface area contributed by atoms with Crippen LogP contribution < -0.4 is 0 Å². The van der Waals surface area contributed by atoms with Gasteiger partial charge in [0.15, 0.2) is 0 Å². The van der Waals surface area contributed by atoms with Crippen molar-refractivity contribution in [2.45, 2.75) is 39.0 Å². The SMILES string of the molecule is CCCC[C@H]1CN(C(C)=O)C(C#N)=C[C@H]1c1ccccc1. The molecule has 0 saturated carbocycles. The maximum Gasteiger partial charge on any atom is 0.224 e. The second-order valence-corrected chi connectivity index (χ2v) is 5.63. The summed E-state index contributed by atoms with van der Waals surface area (Å²) in [6, 6.07) is 12.5. The first-order valence-corrected chi connectivity index (χ1v) is 7.62. The molecule has 0 spiro atoms. The quantitative estimate of drug-likeness (QED) is 0.842. The molecule has 0 N–H and O–H groups in total. The Morgan fingerprint density at radius 3 is 2.67 bits per heavy atom. The average molecular weight is 282 g/mol. The Morgan fingerprint density at radius 1 is 1.38 bits per heavy atom. The Bertz CT molecular complexity index is 556. The van der Waals surface area contributed by atoms with E-state index in [1.807, 2.05) is 24.3 Å². The Labute approximate surface area is 126 Å². The van der Waals surface area contributed by atoms with E-state index < -0.39 is 0 Å². The molecule has 110 valence electrons. The predicted molar refractivity (Wildman–Crippen MR) is 83.3 cm³/mol. The zero-order valence-electron chi connectivity index (χ0n) is 12.7. The van der Waals surface area contributed by atoms with Gasteiger partial charge in [0.25, 0.3) is 0 Å². The molecule has 21 heavy (non-hydrogen) atoms. The Balaban J connectivity index is 2.35. The number of hydrogen-bond donors (Lipinski definition) is 0. The molecule has 2 atom stereocenters. The molecule has 0 bridgehead atoms. The van der Waals surface area contributed by atoms with E-state index in [0.717, 1.165) is 19.3 Å². The summed E-state index contributed by atoms with van der Waals surface area (Å²) in [5, 5.41) is 9.33. The van der Waals surface area contributed by atoms with Crippen LogP contribution in [0.25, 0.3) is 0 Å². The number of nitriles is 1. The maximum absolute atomic E-state index is 11.8. The van der Waals surface area contributed by atoms with Crippen LogP contribution >= 0.6 is 0 Å². The second kappa shape index (κ2) is 7.08.